The van der Waals surface area contributed by atoms with Gasteiger partial charge in [-0.25, -0.2) is 0 Å². The number of carbonyl (C=O) groups excluding carboxylic acids is 3. The molecule has 0 heterocycles. The lowest BCUT2D eigenvalue weighted by Crippen LogP contribution is -2.36. The zero-order valence-electron chi connectivity index (χ0n) is 19.7. The summed E-state index contributed by atoms with van der Waals surface area (Å²) in [5.74, 6) is -0.359. The molecule has 0 aromatic carbocycles. The number of rotatable bonds is 12. The first-order valence-electron chi connectivity index (χ1n) is 9.80. The summed E-state index contributed by atoms with van der Waals surface area (Å²) in [5.41, 5.74) is 0. The van der Waals surface area contributed by atoms with Crippen molar-refractivity contribution in [2.75, 3.05) is 67.7 Å². The molecule has 0 atom stereocenters. The third-order valence-electron chi connectivity index (χ3n) is 3.36. The smallest absolute Gasteiger partial charge is 0.244 e. The van der Waals surface area contributed by atoms with Gasteiger partial charge in [-0.3, -0.25) is 24.2 Å². The molecule has 3 N–H and O–H groups in total. The molecule has 0 rings (SSSR count). The standard InChI is InChI=1S/C8H16N2O.C7H14N2O.C6H12N2O/c1-4-8(11)9-7-10(5-2)6-3;1-4-7(10)8-5-6-9(2)3;1-4-6(9)7-5-8(2)3/h4H,1,5-7H2,2-3H3,(H,9,11);4H,1,5-6H2,2-3H3,(H,8,10);4H,1,5H2,2-3H3,(H,7,9). The van der Waals surface area contributed by atoms with E-state index in [0.717, 1.165) is 19.6 Å². The Bertz CT molecular complexity index is 503. The highest BCUT2D eigenvalue weighted by Crippen LogP contribution is 1.82. The normalized spacial score (nSPS) is 9.50. The van der Waals surface area contributed by atoms with E-state index in [1.807, 2.05) is 38.0 Å². The Kier molecular flexibility index (Phi) is 24.5. The van der Waals surface area contributed by atoms with Crippen molar-refractivity contribution < 1.29 is 14.4 Å². The minimum atomic E-state index is -0.135. The van der Waals surface area contributed by atoms with Crippen molar-refractivity contribution in [2.24, 2.45) is 0 Å². The van der Waals surface area contributed by atoms with Crippen molar-refractivity contribution in [1.82, 2.24) is 30.7 Å². The van der Waals surface area contributed by atoms with Crippen LogP contribution in [0.25, 0.3) is 0 Å². The number of amides is 3. The first kappa shape index (κ1) is 32.2. The molecule has 0 aliphatic rings. The minimum Gasteiger partial charge on any atom is -0.351 e. The highest BCUT2D eigenvalue weighted by atomic mass is 16.2. The van der Waals surface area contributed by atoms with Crippen LogP contribution in [-0.2, 0) is 14.4 Å². The van der Waals surface area contributed by atoms with E-state index >= 15 is 0 Å². The number of nitrogens with one attached hydrogen (secondary N) is 3. The quantitative estimate of drug-likeness (QED) is 0.306. The fourth-order valence-electron chi connectivity index (χ4n) is 1.49. The maximum Gasteiger partial charge on any atom is 0.244 e. The van der Waals surface area contributed by atoms with E-state index in [9.17, 15) is 14.4 Å². The summed E-state index contributed by atoms with van der Waals surface area (Å²) >= 11 is 0. The van der Waals surface area contributed by atoms with E-state index in [1.54, 1.807) is 0 Å². The fraction of sp³-hybridized carbons (Fsp3) is 0.571. The molecule has 9 nitrogen and oxygen atoms in total. The van der Waals surface area contributed by atoms with Gasteiger partial charge in [-0.15, -0.1) is 0 Å². The maximum atomic E-state index is 10.7. The summed E-state index contributed by atoms with van der Waals surface area (Å²) in [6, 6.07) is 0. The summed E-state index contributed by atoms with van der Waals surface area (Å²) in [6.45, 7) is 18.7. The number of carbonyl (C=O) groups is 3. The molecule has 0 aliphatic carbocycles. The maximum absolute atomic E-state index is 10.7. The van der Waals surface area contributed by atoms with Crippen LogP contribution in [0.2, 0.25) is 0 Å². The lowest BCUT2D eigenvalue weighted by Gasteiger charge is -2.17. The van der Waals surface area contributed by atoms with Crippen LogP contribution in [0.15, 0.2) is 38.0 Å². The van der Waals surface area contributed by atoms with E-state index in [1.165, 1.54) is 18.2 Å². The van der Waals surface area contributed by atoms with Crippen LogP contribution in [0.1, 0.15) is 13.8 Å². The molecule has 0 saturated carbocycles. The van der Waals surface area contributed by atoms with Gasteiger partial charge in [0.05, 0.1) is 13.3 Å². The molecule has 9 heteroatoms. The van der Waals surface area contributed by atoms with Crippen molar-refractivity contribution >= 4 is 17.7 Å². The molecule has 0 fully saturated rings. The predicted molar refractivity (Wildman–Crippen MR) is 125 cm³/mol. The third kappa shape index (κ3) is 27.7. The van der Waals surface area contributed by atoms with Crippen LogP contribution in [-0.4, -0.2) is 100 Å². The Morgan fingerprint density at radius 2 is 1.10 bits per heavy atom. The topological polar surface area (TPSA) is 97.0 Å². The predicted octanol–water partition coefficient (Wildman–Crippen LogP) is 0.246. The first-order chi connectivity index (χ1) is 14.1. The molecule has 0 unspecified atom stereocenters. The number of nitrogens with zero attached hydrogens (tertiary/aromatic N) is 3. The highest BCUT2D eigenvalue weighted by molar-refractivity contribution is 5.87. The van der Waals surface area contributed by atoms with Gasteiger partial charge in [0.1, 0.15) is 0 Å². The van der Waals surface area contributed by atoms with Crippen molar-refractivity contribution in [2.45, 2.75) is 13.8 Å². The van der Waals surface area contributed by atoms with Crippen LogP contribution < -0.4 is 16.0 Å². The van der Waals surface area contributed by atoms with Crippen LogP contribution in [0.4, 0.5) is 0 Å². The van der Waals surface area contributed by atoms with E-state index in [0.29, 0.717) is 19.9 Å². The molecule has 0 saturated heterocycles. The summed E-state index contributed by atoms with van der Waals surface area (Å²) < 4.78 is 0. The van der Waals surface area contributed by atoms with E-state index < -0.39 is 0 Å². The zero-order valence-corrected chi connectivity index (χ0v) is 19.7. The average Bonchev–Trinajstić information content (AvgIpc) is 2.72. The van der Waals surface area contributed by atoms with Gasteiger partial charge in [0.25, 0.3) is 0 Å². The second kappa shape index (κ2) is 22.8. The Balaban J connectivity index is -0.000000366. The lowest BCUT2D eigenvalue weighted by atomic mass is 10.5. The van der Waals surface area contributed by atoms with Crippen molar-refractivity contribution in [3.63, 3.8) is 0 Å². The van der Waals surface area contributed by atoms with Gasteiger partial charge in [0.2, 0.25) is 17.7 Å². The number of likely N-dealkylation sites (N-methyl/N-ethyl adjacent to an activating group) is 1. The number of hydrogen-bond acceptors (Lipinski definition) is 6. The molecule has 0 bridgehead atoms. The van der Waals surface area contributed by atoms with Crippen LogP contribution in [0, 0.1) is 0 Å². The van der Waals surface area contributed by atoms with E-state index in [2.05, 4.69) is 54.4 Å². The van der Waals surface area contributed by atoms with Gasteiger partial charge in [-0.1, -0.05) is 33.6 Å². The molecule has 3 amide bonds. The van der Waals surface area contributed by atoms with Gasteiger partial charge in [0.15, 0.2) is 0 Å². The molecule has 0 spiro atoms. The highest BCUT2D eigenvalue weighted by Gasteiger charge is 1.98. The van der Waals surface area contributed by atoms with Gasteiger partial charge in [0, 0.05) is 13.1 Å². The Morgan fingerprint density at radius 3 is 1.43 bits per heavy atom. The molecule has 0 aliphatic heterocycles. The monoisotopic (exact) mass is 426 g/mol. The molecular formula is C21H42N6O3. The van der Waals surface area contributed by atoms with Gasteiger partial charge >= 0.3 is 0 Å². The van der Waals surface area contributed by atoms with E-state index in [-0.39, 0.29) is 17.7 Å². The average molecular weight is 427 g/mol. The van der Waals surface area contributed by atoms with Crippen molar-refractivity contribution in [3.05, 3.63) is 38.0 Å². The van der Waals surface area contributed by atoms with Crippen LogP contribution >= 0.6 is 0 Å². The molecular weight excluding hydrogens is 384 g/mol. The Hall–Kier alpha value is -2.49. The molecule has 0 aromatic rings. The SMILES string of the molecule is C=CC(=O)NCCN(C)C.C=CC(=O)NCN(C)C.C=CC(=O)NCN(CC)CC. The molecule has 30 heavy (non-hydrogen) atoms. The van der Waals surface area contributed by atoms with Crippen LogP contribution in [0.5, 0.6) is 0 Å². The largest absolute Gasteiger partial charge is 0.351 e. The van der Waals surface area contributed by atoms with E-state index in [4.69, 9.17) is 0 Å². The second-order valence-corrected chi connectivity index (χ2v) is 6.49. The molecule has 0 aromatic heterocycles. The van der Waals surface area contributed by atoms with Gasteiger partial charge < -0.3 is 20.9 Å². The number of hydrogen-bond donors (Lipinski definition) is 3. The first-order valence-corrected chi connectivity index (χ1v) is 9.80. The van der Waals surface area contributed by atoms with Gasteiger partial charge in [-0.05, 0) is 59.5 Å². The Labute approximate surface area is 182 Å². The Morgan fingerprint density at radius 1 is 0.700 bits per heavy atom. The summed E-state index contributed by atoms with van der Waals surface area (Å²) in [4.78, 5) is 37.7. The van der Waals surface area contributed by atoms with Crippen LogP contribution in [0.3, 0.4) is 0 Å². The zero-order chi connectivity index (χ0) is 23.9. The minimum absolute atomic E-state index is 0.109. The molecule has 174 valence electrons. The lowest BCUT2D eigenvalue weighted by molar-refractivity contribution is -0.117. The summed E-state index contributed by atoms with van der Waals surface area (Å²) in [6.07, 6.45) is 3.81. The van der Waals surface area contributed by atoms with Crippen molar-refractivity contribution in [3.8, 4) is 0 Å². The fourth-order valence-corrected chi connectivity index (χ4v) is 1.49. The van der Waals surface area contributed by atoms with Gasteiger partial charge in [-0.2, -0.15) is 0 Å². The van der Waals surface area contributed by atoms with Crippen molar-refractivity contribution in [1.29, 1.82) is 0 Å². The summed E-state index contributed by atoms with van der Waals surface area (Å²) in [5, 5.41) is 7.97. The second-order valence-electron chi connectivity index (χ2n) is 6.49. The summed E-state index contributed by atoms with van der Waals surface area (Å²) in [7, 11) is 7.67. The molecule has 0 radical (unpaired) electrons. The third-order valence-corrected chi connectivity index (χ3v) is 3.36.